The molecular weight excluding hydrogens is 462 g/mol. The third-order valence-electron chi connectivity index (χ3n) is 4.96. The number of thioether (sulfide) groups is 1. The van der Waals surface area contributed by atoms with Gasteiger partial charge in [0, 0.05) is 27.7 Å². The molecule has 0 bridgehead atoms. The molecule has 0 radical (unpaired) electrons. The van der Waals surface area contributed by atoms with Crippen molar-refractivity contribution in [3.63, 3.8) is 0 Å². The van der Waals surface area contributed by atoms with Crippen LogP contribution in [-0.4, -0.2) is 45.2 Å². The number of rotatable bonds is 7. The average molecular weight is 484 g/mol. The fraction of sp³-hybridized carbons (Fsp3) is 0.217. The van der Waals surface area contributed by atoms with Gasteiger partial charge in [0.05, 0.1) is 18.2 Å². The number of benzene rings is 2. The number of amides is 2. The lowest BCUT2D eigenvalue weighted by atomic mass is 10.1. The van der Waals surface area contributed by atoms with E-state index >= 15 is 0 Å². The first kappa shape index (κ1) is 22.9. The van der Waals surface area contributed by atoms with Gasteiger partial charge in [-0.05, 0) is 50.2 Å². The summed E-state index contributed by atoms with van der Waals surface area (Å²) in [7, 11) is 0. The summed E-state index contributed by atoms with van der Waals surface area (Å²) >= 11 is 7.42. The highest BCUT2D eigenvalue weighted by molar-refractivity contribution is 7.99. The van der Waals surface area contributed by atoms with Crippen LogP contribution in [0, 0.1) is 0 Å². The molecule has 4 rings (SSSR count). The number of ether oxygens (including phenoxy) is 1. The molecule has 170 valence electrons. The Morgan fingerprint density at radius 2 is 1.88 bits per heavy atom. The fourth-order valence-electron chi connectivity index (χ4n) is 3.49. The summed E-state index contributed by atoms with van der Waals surface area (Å²) in [6.45, 7) is 3.74. The number of aromatic nitrogens is 3. The maximum atomic E-state index is 12.5. The SMILES string of the molecule is CCOC(=O)C1=C(CSc2nnc(-c3ccc(Cl)cc3)n2-c2ccccc2)NC(=O)NC1C. The molecule has 0 spiro atoms. The number of urea groups is 1. The monoisotopic (exact) mass is 483 g/mol. The smallest absolute Gasteiger partial charge is 0.337 e. The minimum Gasteiger partial charge on any atom is -0.463 e. The van der Waals surface area contributed by atoms with E-state index in [2.05, 4.69) is 20.8 Å². The number of halogens is 1. The van der Waals surface area contributed by atoms with E-state index < -0.39 is 12.0 Å². The Morgan fingerprint density at radius 1 is 1.15 bits per heavy atom. The summed E-state index contributed by atoms with van der Waals surface area (Å²) in [6, 6.07) is 16.3. The van der Waals surface area contributed by atoms with Gasteiger partial charge in [-0.1, -0.05) is 41.6 Å². The standard InChI is InChI=1S/C23H22ClN5O3S/c1-3-32-21(30)19-14(2)25-22(31)26-18(19)13-33-23-28-27-20(15-9-11-16(24)12-10-15)29(23)17-7-5-4-6-8-17/h4-12,14H,3,13H2,1-2H3,(H2,25,26,31). The summed E-state index contributed by atoms with van der Waals surface area (Å²) in [4.78, 5) is 24.6. The molecule has 1 unspecified atom stereocenters. The van der Waals surface area contributed by atoms with Crippen LogP contribution in [0.5, 0.6) is 0 Å². The minimum atomic E-state index is -0.468. The Labute approximate surface area is 200 Å². The summed E-state index contributed by atoms with van der Waals surface area (Å²) in [5, 5.41) is 15.5. The van der Waals surface area contributed by atoms with Crippen molar-refractivity contribution >= 4 is 35.4 Å². The number of carbonyl (C=O) groups is 2. The molecule has 1 atom stereocenters. The van der Waals surface area contributed by atoms with Gasteiger partial charge in [0.2, 0.25) is 0 Å². The number of para-hydroxylation sites is 1. The average Bonchev–Trinajstić information content (AvgIpc) is 3.22. The molecule has 0 fully saturated rings. The number of esters is 1. The van der Waals surface area contributed by atoms with E-state index in [1.54, 1.807) is 26.0 Å². The summed E-state index contributed by atoms with van der Waals surface area (Å²) < 4.78 is 7.13. The number of nitrogens with one attached hydrogen (secondary N) is 2. The van der Waals surface area contributed by atoms with Gasteiger partial charge in [0.25, 0.3) is 0 Å². The van der Waals surface area contributed by atoms with Crippen LogP contribution in [0.1, 0.15) is 13.8 Å². The van der Waals surface area contributed by atoms with Crippen molar-refractivity contribution in [1.29, 1.82) is 0 Å². The predicted molar refractivity (Wildman–Crippen MR) is 127 cm³/mol. The van der Waals surface area contributed by atoms with E-state index in [0.29, 0.717) is 33.0 Å². The topological polar surface area (TPSA) is 98.1 Å². The highest BCUT2D eigenvalue weighted by Crippen LogP contribution is 2.30. The molecule has 2 heterocycles. The largest absolute Gasteiger partial charge is 0.463 e. The van der Waals surface area contributed by atoms with E-state index in [0.717, 1.165) is 11.3 Å². The Kier molecular flexibility index (Phi) is 7.00. The van der Waals surface area contributed by atoms with Gasteiger partial charge in [-0.3, -0.25) is 4.57 Å². The van der Waals surface area contributed by atoms with Crippen LogP contribution in [0.25, 0.3) is 17.1 Å². The Balaban J connectivity index is 1.71. The molecule has 2 amide bonds. The van der Waals surface area contributed by atoms with Crippen LogP contribution in [-0.2, 0) is 9.53 Å². The third kappa shape index (κ3) is 5.04. The zero-order valence-corrected chi connectivity index (χ0v) is 19.6. The van der Waals surface area contributed by atoms with E-state index in [1.165, 1.54) is 11.8 Å². The van der Waals surface area contributed by atoms with Gasteiger partial charge in [-0.2, -0.15) is 0 Å². The molecule has 1 aliphatic rings. The predicted octanol–water partition coefficient (Wildman–Crippen LogP) is 4.20. The van der Waals surface area contributed by atoms with Crippen molar-refractivity contribution in [1.82, 2.24) is 25.4 Å². The lowest BCUT2D eigenvalue weighted by Crippen LogP contribution is -2.49. The number of nitrogens with zero attached hydrogens (tertiary/aromatic N) is 3. The van der Waals surface area contributed by atoms with Crippen LogP contribution >= 0.6 is 23.4 Å². The summed E-state index contributed by atoms with van der Waals surface area (Å²) in [5.41, 5.74) is 2.63. The highest BCUT2D eigenvalue weighted by atomic mass is 35.5. The normalized spacial score (nSPS) is 15.7. The summed E-state index contributed by atoms with van der Waals surface area (Å²) in [5.74, 6) is 0.500. The first-order chi connectivity index (χ1) is 16.0. The van der Waals surface area contributed by atoms with Crippen molar-refractivity contribution in [2.75, 3.05) is 12.4 Å². The molecule has 0 saturated carbocycles. The second-order valence-electron chi connectivity index (χ2n) is 7.21. The van der Waals surface area contributed by atoms with Gasteiger partial charge in [-0.15, -0.1) is 10.2 Å². The Hall–Kier alpha value is -3.30. The number of carbonyl (C=O) groups excluding carboxylic acids is 2. The first-order valence-corrected chi connectivity index (χ1v) is 11.7. The molecule has 0 aliphatic carbocycles. The lowest BCUT2D eigenvalue weighted by molar-refractivity contribution is -0.138. The van der Waals surface area contributed by atoms with Crippen molar-refractivity contribution in [2.24, 2.45) is 0 Å². The molecule has 2 aromatic carbocycles. The van der Waals surface area contributed by atoms with E-state index in [4.69, 9.17) is 16.3 Å². The van der Waals surface area contributed by atoms with Gasteiger partial charge in [-0.25, -0.2) is 9.59 Å². The number of hydrogen-bond donors (Lipinski definition) is 2. The molecule has 33 heavy (non-hydrogen) atoms. The Morgan fingerprint density at radius 3 is 2.58 bits per heavy atom. The highest BCUT2D eigenvalue weighted by Gasteiger charge is 2.30. The van der Waals surface area contributed by atoms with E-state index in [-0.39, 0.29) is 12.6 Å². The molecular formula is C23H22ClN5O3S. The lowest BCUT2D eigenvalue weighted by Gasteiger charge is -2.26. The van der Waals surface area contributed by atoms with E-state index in [1.807, 2.05) is 47.0 Å². The van der Waals surface area contributed by atoms with Gasteiger partial charge < -0.3 is 15.4 Å². The van der Waals surface area contributed by atoms with Crippen LogP contribution in [0.15, 0.2) is 71.0 Å². The second kappa shape index (κ2) is 10.1. The Bertz CT molecular complexity index is 1190. The maximum absolute atomic E-state index is 12.5. The van der Waals surface area contributed by atoms with Crippen molar-refractivity contribution in [2.45, 2.75) is 25.0 Å². The van der Waals surface area contributed by atoms with Crippen LogP contribution in [0.3, 0.4) is 0 Å². The van der Waals surface area contributed by atoms with Crippen molar-refractivity contribution < 1.29 is 14.3 Å². The molecule has 3 aromatic rings. The third-order valence-corrected chi connectivity index (χ3v) is 6.17. The second-order valence-corrected chi connectivity index (χ2v) is 8.58. The summed E-state index contributed by atoms with van der Waals surface area (Å²) in [6.07, 6.45) is 0. The van der Waals surface area contributed by atoms with Crippen molar-refractivity contribution in [3.05, 3.63) is 70.9 Å². The zero-order chi connectivity index (χ0) is 23.4. The van der Waals surface area contributed by atoms with Gasteiger partial charge in [0.1, 0.15) is 0 Å². The van der Waals surface area contributed by atoms with Crippen LogP contribution in [0.4, 0.5) is 4.79 Å². The minimum absolute atomic E-state index is 0.246. The molecule has 10 heteroatoms. The van der Waals surface area contributed by atoms with E-state index in [9.17, 15) is 9.59 Å². The molecule has 1 aliphatic heterocycles. The van der Waals surface area contributed by atoms with Crippen LogP contribution in [0.2, 0.25) is 5.02 Å². The number of hydrogen-bond acceptors (Lipinski definition) is 6. The van der Waals surface area contributed by atoms with Crippen LogP contribution < -0.4 is 10.6 Å². The van der Waals surface area contributed by atoms with Gasteiger partial charge in [0.15, 0.2) is 11.0 Å². The fourth-order valence-corrected chi connectivity index (χ4v) is 4.54. The molecule has 2 N–H and O–H groups in total. The quantitative estimate of drug-likeness (QED) is 0.386. The van der Waals surface area contributed by atoms with Gasteiger partial charge >= 0.3 is 12.0 Å². The molecule has 8 nitrogen and oxygen atoms in total. The maximum Gasteiger partial charge on any atom is 0.337 e. The van der Waals surface area contributed by atoms with Crippen molar-refractivity contribution in [3.8, 4) is 17.1 Å². The first-order valence-electron chi connectivity index (χ1n) is 10.3. The molecule has 1 aromatic heterocycles. The molecule has 0 saturated heterocycles. The zero-order valence-electron chi connectivity index (χ0n) is 18.0.